The van der Waals surface area contributed by atoms with E-state index in [-0.39, 0.29) is 6.07 Å². The summed E-state index contributed by atoms with van der Waals surface area (Å²) in [5.41, 5.74) is 5.57. The highest BCUT2D eigenvalue weighted by molar-refractivity contribution is 6.17. The Hall–Kier alpha value is -1.84. The normalized spacial score (nSPS) is 11.2. The minimum atomic E-state index is -1.36. The minimum Gasteiger partial charge on any atom is -0.367 e. The molecular weight excluding hydrogens is 262 g/mol. The molecule has 19 heavy (non-hydrogen) atoms. The summed E-state index contributed by atoms with van der Waals surface area (Å²) in [4.78, 5) is 12.1. The number of rotatable bonds is 5. The molecule has 0 aliphatic heterocycles. The monoisotopic (exact) mass is 275 g/mol. The predicted octanol–water partition coefficient (Wildman–Crippen LogP) is 2.63. The van der Waals surface area contributed by atoms with Crippen molar-refractivity contribution >= 4 is 17.5 Å². The molecule has 0 saturated heterocycles. The molecule has 98 valence electrons. The molecule has 2 aromatic rings. The molecule has 0 atom stereocenters. The van der Waals surface area contributed by atoms with Crippen molar-refractivity contribution in [3.8, 4) is 0 Å². The Balaban J connectivity index is 2.65. The maximum absolute atomic E-state index is 12.1. The van der Waals surface area contributed by atoms with Crippen molar-refractivity contribution in [2.45, 2.75) is 5.60 Å². The van der Waals surface area contributed by atoms with Gasteiger partial charge in [0, 0.05) is 0 Å². The molecule has 2 N–H and O–H groups in total. The van der Waals surface area contributed by atoms with Crippen LogP contribution in [0.1, 0.15) is 11.1 Å². The molecule has 0 spiro atoms. The van der Waals surface area contributed by atoms with Gasteiger partial charge in [-0.3, -0.25) is 4.79 Å². The molecule has 2 aromatic carbocycles. The molecule has 0 bridgehead atoms. The van der Waals surface area contributed by atoms with E-state index in [4.69, 9.17) is 22.1 Å². The fourth-order valence-corrected chi connectivity index (χ4v) is 2.28. The third-order valence-electron chi connectivity index (χ3n) is 2.98. The van der Waals surface area contributed by atoms with E-state index in [1.165, 1.54) is 0 Å². The highest BCUT2D eigenvalue weighted by Gasteiger charge is 2.41. The number of carbonyl (C=O) groups is 1. The number of alkyl halides is 1. The molecule has 0 aliphatic carbocycles. The number of primary amides is 1. The zero-order valence-electron chi connectivity index (χ0n) is 10.3. The van der Waals surface area contributed by atoms with Crippen LogP contribution in [-0.4, -0.2) is 12.0 Å². The van der Waals surface area contributed by atoms with Crippen molar-refractivity contribution in [3.05, 3.63) is 71.8 Å². The average molecular weight is 276 g/mol. The quantitative estimate of drug-likeness (QED) is 0.853. The summed E-state index contributed by atoms with van der Waals surface area (Å²) < 4.78 is 5.55. The first-order valence-electron chi connectivity index (χ1n) is 5.82. The second kappa shape index (κ2) is 5.87. The summed E-state index contributed by atoms with van der Waals surface area (Å²) in [6.07, 6.45) is 0. The fourth-order valence-electron chi connectivity index (χ4n) is 2.12. The van der Waals surface area contributed by atoms with Gasteiger partial charge in [-0.1, -0.05) is 72.3 Å². The number of carbonyl (C=O) groups excluding carboxylic acids is 1. The first-order chi connectivity index (χ1) is 9.21. The highest BCUT2D eigenvalue weighted by atomic mass is 35.5. The number of amides is 1. The van der Waals surface area contributed by atoms with Crippen molar-refractivity contribution in [1.82, 2.24) is 0 Å². The molecule has 0 aromatic heterocycles. The lowest BCUT2D eigenvalue weighted by molar-refractivity contribution is -0.137. The van der Waals surface area contributed by atoms with Crippen LogP contribution < -0.4 is 5.73 Å². The summed E-state index contributed by atoms with van der Waals surface area (Å²) in [6.45, 7) is 0. The van der Waals surface area contributed by atoms with Gasteiger partial charge in [0.05, 0.1) is 0 Å². The Morgan fingerprint density at radius 2 is 1.42 bits per heavy atom. The van der Waals surface area contributed by atoms with Gasteiger partial charge in [-0.15, -0.1) is 0 Å². The zero-order chi connectivity index (χ0) is 13.7. The Kier molecular flexibility index (Phi) is 4.20. The molecule has 0 fully saturated rings. The van der Waals surface area contributed by atoms with E-state index in [1.54, 1.807) is 24.3 Å². The van der Waals surface area contributed by atoms with Crippen LogP contribution >= 0.6 is 11.6 Å². The number of ether oxygens (including phenoxy) is 1. The van der Waals surface area contributed by atoms with Crippen LogP contribution in [-0.2, 0) is 15.1 Å². The van der Waals surface area contributed by atoms with Crippen molar-refractivity contribution in [2.24, 2.45) is 5.73 Å². The molecule has 0 unspecified atom stereocenters. The van der Waals surface area contributed by atoms with E-state index in [0.717, 1.165) is 0 Å². The van der Waals surface area contributed by atoms with Gasteiger partial charge in [-0.2, -0.15) is 0 Å². The number of benzene rings is 2. The number of hydrogen-bond acceptors (Lipinski definition) is 2. The molecule has 0 aliphatic rings. The predicted molar refractivity (Wildman–Crippen MR) is 74.7 cm³/mol. The lowest BCUT2D eigenvalue weighted by Crippen LogP contribution is -2.44. The van der Waals surface area contributed by atoms with E-state index in [9.17, 15) is 4.79 Å². The van der Waals surface area contributed by atoms with Gasteiger partial charge in [0.2, 0.25) is 0 Å². The smallest absolute Gasteiger partial charge is 0.259 e. The van der Waals surface area contributed by atoms with E-state index in [1.807, 2.05) is 36.4 Å². The van der Waals surface area contributed by atoms with Crippen LogP contribution in [0.2, 0.25) is 0 Å². The largest absolute Gasteiger partial charge is 0.367 e. The number of halogens is 1. The van der Waals surface area contributed by atoms with Crippen LogP contribution in [0, 0.1) is 0 Å². The summed E-state index contributed by atoms with van der Waals surface area (Å²) in [5.74, 6) is -0.592. The van der Waals surface area contributed by atoms with Gasteiger partial charge in [0.1, 0.15) is 6.07 Å². The van der Waals surface area contributed by atoms with Gasteiger partial charge in [0.25, 0.3) is 5.91 Å². The Labute approximate surface area is 117 Å². The topological polar surface area (TPSA) is 52.3 Å². The maximum Gasteiger partial charge on any atom is 0.259 e. The second-order valence-corrected chi connectivity index (χ2v) is 4.25. The standard InChI is InChI=1S/C15H14ClNO2/c16-11-19-15(14(17)18,12-7-3-1-4-8-12)13-9-5-2-6-10-13/h1-10H,11H2,(H2,17,18). The van der Waals surface area contributed by atoms with E-state index in [2.05, 4.69) is 0 Å². The van der Waals surface area contributed by atoms with Crippen LogP contribution in [0.25, 0.3) is 0 Å². The van der Waals surface area contributed by atoms with Gasteiger partial charge in [-0.25, -0.2) is 0 Å². The lowest BCUT2D eigenvalue weighted by atomic mass is 9.85. The summed E-state index contributed by atoms with van der Waals surface area (Å²) in [7, 11) is 0. The highest BCUT2D eigenvalue weighted by Crippen LogP contribution is 2.33. The molecule has 0 saturated carbocycles. The molecular formula is C15H14ClNO2. The fraction of sp³-hybridized carbons (Fsp3) is 0.133. The van der Waals surface area contributed by atoms with Crippen LogP contribution in [0.3, 0.4) is 0 Å². The first-order valence-corrected chi connectivity index (χ1v) is 6.36. The van der Waals surface area contributed by atoms with Crippen molar-refractivity contribution in [2.75, 3.05) is 6.07 Å². The third-order valence-corrected chi connectivity index (χ3v) is 3.09. The lowest BCUT2D eigenvalue weighted by Gasteiger charge is -2.30. The number of hydrogen-bond donors (Lipinski definition) is 1. The zero-order valence-corrected chi connectivity index (χ0v) is 11.0. The minimum absolute atomic E-state index is 0.132. The average Bonchev–Trinajstić information content (AvgIpc) is 2.46. The summed E-state index contributed by atoms with van der Waals surface area (Å²) >= 11 is 5.70. The summed E-state index contributed by atoms with van der Waals surface area (Å²) in [6, 6.07) is 18.1. The Bertz CT molecular complexity index is 503. The van der Waals surface area contributed by atoms with E-state index < -0.39 is 11.5 Å². The molecule has 2 rings (SSSR count). The Morgan fingerprint density at radius 1 is 1.00 bits per heavy atom. The van der Waals surface area contributed by atoms with Gasteiger partial charge < -0.3 is 10.5 Å². The number of nitrogens with two attached hydrogens (primary N) is 1. The molecule has 4 heteroatoms. The van der Waals surface area contributed by atoms with E-state index >= 15 is 0 Å². The van der Waals surface area contributed by atoms with E-state index in [0.29, 0.717) is 11.1 Å². The molecule has 0 radical (unpaired) electrons. The second-order valence-electron chi connectivity index (χ2n) is 4.03. The van der Waals surface area contributed by atoms with Crippen LogP contribution in [0.5, 0.6) is 0 Å². The van der Waals surface area contributed by atoms with Crippen molar-refractivity contribution < 1.29 is 9.53 Å². The molecule has 3 nitrogen and oxygen atoms in total. The van der Waals surface area contributed by atoms with Gasteiger partial charge >= 0.3 is 0 Å². The maximum atomic E-state index is 12.1. The first kappa shape index (κ1) is 13.6. The summed E-state index contributed by atoms with van der Waals surface area (Å²) in [5, 5.41) is 0. The van der Waals surface area contributed by atoms with Crippen molar-refractivity contribution in [3.63, 3.8) is 0 Å². The van der Waals surface area contributed by atoms with Gasteiger partial charge in [0.15, 0.2) is 5.60 Å². The Morgan fingerprint density at radius 3 is 1.74 bits per heavy atom. The van der Waals surface area contributed by atoms with Crippen LogP contribution in [0.15, 0.2) is 60.7 Å². The van der Waals surface area contributed by atoms with Gasteiger partial charge in [-0.05, 0) is 11.1 Å². The SMILES string of the molecule is NC(=O)C(OCCl)(c1ccccc1)c1ccccc1. The van der Waals surface area contributed by atoms with Crippen LogP contribution in [0.4, 0.5) is 0 Å². The molecule has 1 amide bonds. The third kappa shape index (κ3) is 2.48. The van der Waals surface area contributed by atoms with Crippen molar-refractivity contribution in [1.29, 1.82) is 0 Å². The molecule has 0 heterocycles.